The highest BCUT2D eigenvalue weighted by molar-refractivity contribution is 7.88. The summed E-state index contributed by atoms with van der Waals surface area (Å²) in [5.41, 5.74) is 2.08. The molecule has 194 valence electrons. The van der Waals surface area contributed by atoms with Crippen molar-refractivity contribution in [1.82, 2.24) is 29.6 Å². The van der Waals surface area contributed by atoms with Crippen LogP contribution >= 0.6 is 0 Å². The Bertz CT molecular complexity index is 1670. The molecule has 11 heteroatoms. The molecule has 2 aliphatic heterocycles. The van der Waals surface area contributed by atoms with Crippen LogP contribution in [0.1, 0.15) is 35.7 Å². The lowest BCUT2D eigenvalue weighted by atomic mass is 10.0. The summed E-state index contributed by atoms with van der Waals surface area (Å²) in [7, 11) is -3.68. The molecule has 2 N–H and O–H groups in total. The maximum atomic E-state index is 14.0. The smallest absolute Gasteiger partial charge is 0.211 e. The van der Waals surface area contributed by atoms with E-state index in [1.165, 1.54) is 6.07 Å². The standard InChI is InChI=1S/C27H26FN7O2S/c1-38(36,37)33-27(13-3-9-22(31-27)20-7-4-14-29-17-20)24-18-30-25-11-12-26(32-35(24)25)34-15-5-10-23(34)19-6-2-8-21(28)16-19/h2-4,6-9,11-14,16-18,23,31,33H,5,10,15H2,1H3. The van der Waals surface area contributed by atoms with E-state index in [9.17, 15) is 12.8 Å². The maximum Gasteiger partial charge on any atom is 0.211 e. The summed E-state index contributed by atoms with van der Waals surface area (Å²) in [6.07, 6.45) is 13.3. The SMILES string of the molecule is CS(=O)(=O)NC1(c2cnc3ccc(N4CCCC4c4cccc(F)c4)nn23)C=CC=C(c2cccnc2)N1. The lowest BCUT2D eigenvalue weighted by Crippen LogP contribution is -2.55. The van der Waals surface area contributed by atoms with Crippen LogP contribution in [0.15, 0.2) is 85.3 Å². The van der Waals surface area contributed by atoms with Crippen molar-refractivity contribution in [3.63, 3.8) is 0 Å². The second kappa shape index (κ2) is 9.34. The van der Waals surface area contributed by atoms with E-state index in [2.05, 4.69) is 24.9 Å². The number of rotatable bonds is 6. The number of benzene rings is 1. The van der Waals surface area contributed by atoms with Gasteiger partial charge in [0.1, 0.15) is 17.3 Å². The number of sulfonamides is 1. The van der Waals surface area contributed by atoms with Crippen molar-refractivity contribution >= 4 is 27.2 Å². The van der Waals surface area contributed by atoms with Crippen molar-refractivity contribution in [1.29, 1.82) is 0 Å². The molecule has 1 saturated heterocycles. The van der Waals surface area contributed by atoms with Crippen molar-refractivity contribution in [3.8, 4) is 0 Å². The van der Waals surface area contributed by atoms with Gasteiger partial charge in [-0.3, -0.25) is 4.98 Å². The van der Waals surface area contributed by atoms with Crippen LogP contribution in [-0.4, -0.2) is 40.8 Å². The van der Waals surface area contributed by atoms with Crippen LogP contribution in [0, 0.1) is 5.82 Å². The molecular weight excluding hydrogens is 505 g/mol. The predicted molar refractivity (Wildman–Crippen MR) is 143 cm³/mol. The number of anilines is 1. The number of aromatic nitrogens is 4. The first-order valence-corrected chi connectivity index (χ1v) is 14.1. The Balaban J connectivity index is 1.43. The van der Waals surface area contributed by atoms with Crippen LogP contribution in [0.3, 0.4) is 0 Å². The number of nitrogens with one attached hydrogen (secondary N) is 2. The van der Waals surface area contributed by atoms with Gasteiger partial charge in [-0.25, -0.2) is 22.3 Å². The van der Waals surface area contributed by atoms with E-state index in [0.29, 0.717) is 22.9 Å². The van der Waals surface area contributed by atoms with E-state index >= 15 is 0 Å². The van der Waals surface area contributed by atoms with Gasteiger partial charge in [0.2, 0.25) is 10.0 Å². The number of pyridine rings is 1. The van der Waals surface area contributed by atoms with Gasteiger partial charge in [-0.05, 0) is 67.0 Å². The normalized spacial score (nSPS) is 21.5. The molecule has 3 aromatic heterocycles. The molecule has 38 heavy (non-hydrogen) atoms. The topological polar surface area (TPSA) is 105 Å². The van der Waals surface area contributed by atoms with Crippen LogP contribution in [0.4, 0.5) is 10.2 Å². The number of hydrogen-bond acceptors (Lipinski definition) is 7. The molecule has 1 aromatic carbocycles. The Morgan fingerprint density at radius 1 is 1.16 bits per heavy atom. The average Bonchev–Trinajstić information content (AvgIpc) is 3.56. The van der Waals surface area contributed by atoms with E-state index in [-0.39, 0.29) is 11.9 Å². The fourth-order valence-electron chi connectivity index (χ4n) is 5.22. The second-order valence-corrected chi connectivity index (χ2v) is 11.2. The van der Waals surface area contributed by atoms with Gasteiger partial charge in [0.05, 0.1) is 18.5 Å². The molecule has 2 atom stereocenters. The summed E-state index contributed by atoms with van der Waals surface area (Å²) in [4.78, 5) is 10.9. The lowest BCUT2D eigenvalue weighted by Gasteiger charge is -2.35. The Morgan fingerprint density at radius 2 is 2.05 bits per heavy atom. The predicted octanol–water partition coefficient (Wildman–Crippen LogP) is 3.51. The first kappa shape index (κ1) is 24.3. The van der Waals surface area contributed by atoms with Gasteiger partial charge in [-0.2, -0.15) is 4.72 Å². The van der Waals surface area contributed by atoms with Crippen molar-refractivity contribution < 1.29 is 12.8 Å². The number of halogens is 1. The highest BCUT2D eigenvalue weighted by Gasteiger charge is 2.39. The zero-order valence-electron chi connectivity index (χ0n) is 20.6. The lowest BCUT2D eigenvalue weighted by molar-refractivity contribution is 0.423. The third-order valence-electron chi connectivity index (χ3n) is 6.79. The maximum absolute atomic E-state index is 14.0. The van der Waals surface area contributed by atoms with Crippen molar-refractivity contribution in [2.75, 3.05) is 17.7 Å². The summed E-state index contributed by atoms with van der Waals surface area (Å²) in [6.45, 7) is 0.766. The summed E-state index contributed by atoms with van der Waals surface area (Å²) < 4.78 is 43.5. The molecule has 4 aromatic rings. The minimum Gasteiger partial charge on any atom is -0.358 e. The van der Waals surface area contributed by atoms with Crippen LogP contribution in [0.25, 0.3) is 11.3 Å². The number of dihydropyridines is 1. The average molecular weight is 532 g/mol. The van der Waals surface area contributed by atoms with E-state index in [0.717, 1.165) is 36.8 Å². The van der Waals surface area contributed by atoms with Crippen LogP contribution in [0.5, 0.6) is 0 Å². The zero-order chi connectivity index (χ0) is 26.3. The molecule has 9 nitrogen and oxygen atoms in total. The third-order valence-corrected chi connectivity index (χ3v) is 7.49. The summed E-state index contributed by atoms with van der Waals surface area (Å²) in [6, 6.07) is 14.1. The van der Waals surface area contributed by atoms with Gasteiger partial charge in [0.15, 0.2) is 11.3 Å². The minimum atomic E-state index is -3.68. The van der Waals surface area contributed by atoms with Gasteiger partial charge in [-0.1, -0.05) is 18.2 Å². The highest BCUT2D eigenvalue weighted by atomic mass is 32.2. The molecule has 1 fully saturated rings. The van der Waals surface area contributed by atoms with Gasteiger partial charge >= 0.3 is 0 Å². The van der Waals surface area contributed by atoms with Gasteiger partial charge in [-0.15, -0.1) is 5.10 Å². The Labute approximate surface area is 219 Å². The van der Waals surface area contributed by atoms with E-state index in [4.69, 9.17) is 5.10 Å². The Kier molecular flexibility index (Phi) is 5.96. The van der Waals surface area contributed by atoms with E-state index < -0.39 is 15.7 Å². The van der Waals surface area contributed by atoms with E-state index in [1.807, 2.05) is 36.4 Å². The fourth-order valence-corrected chi connectivity index (χ4v) is 6.02. The third kappa shape index (κ3) is 4.54. The molecule has 0 spiro atoms. The summed E-state index contributed by atoms with van der Waals surface area (Å²) in [5.74, 6) is 0.428. The number of nitrogens with zero attached hydrogens (tertiary/aromatic N) is 5. The van der Waals surface area contributed by atoms with Gasteiger partial charge in [0, 0.05) is 30.2 Å². The van der Waals surface area contributed by atoms with Crippen molar-refractivity contribution in [2.24, 2.45) is 0 Å². The van der Waals surface area contributed by atoms with Crippen molar-refractivity contribution in [2.45, 2.75) is 24.5 Å². The Morgan fingerprint density at radius 3 is 2.84 bits per heavy atom. The monoisotopic (exact) mass is 531 g/mol. The molecule has 0 radical (unpaired) electrons. The van der Waals surface area contributed by atoms with Crippen LogP contribution in [-0.2, 0) is 15.7 Å². The number of fused-ring (bicyclic) bond motifs is 1. The molecule has 2 aliphatic rings. The second-order valence-electron chi connectivity index (χ2n) is 9.50. The van der Waals surface area contributed by atoms with E-state index in [1.54, 1.807) is 47.4 Å². The quantitative estimate of drug-likeness (QED) is 0.392. The fraction of sp³-hybridized carbons (Fsp3) is 0.222. The van der Waals surface area contributed by atoms with Crippen molar-refractivity contribution in [3.05, 3.63) is 108 Å². The van der Waals surface area contributed by atoms with Crippen LogP contribution < -0.4 is 14.9 Å². The highest BCUT2D eigenvalue weighted by Crippen LogP contribution is 2.36. The molecule has 0 saturated carbocycles. The number of imidazole rings is 1. The summed E-state index contributed by atoms with van der Waals surface area (Å²) >= 11 is 0. The zero-order valence-corrected chi connectivity index (χ0v) is 21.4. The van der Waals surface area contributed by atoms with Crippen LogP contribution in [0.2, 0.25) is 0 Å². The number of allylic oxidation sites excluding steroid dienone is 2. The molecule has 0 bridgehead atoms. The number of hydrogen-bond donors (Lipinski definition) is 2. The first-order chi connectivity index (χ1) is 18.3. The minimum absolute atomic E-state index is 0.0152. The van der Waals surface area contributed by atoms with Gasteiger partial charge < -0.3 is 10.2 Å². The Hall–Kier alpha value is -4.09. The van der Waals surface area contributed by atoms with Gasteiger partial charge in [0.25, 0.3) is 0 Å². The molecule has 0 amide bonds. The summed E-state index contributed by atoms with van der Waals surface area (Å²) in [5, 5.41) is 8.26. The molecule has 5 heterocycles. The molecule has 0 aliphatic carbocycles. The molecule has 6 rings (SSSR count). The largest absolute Gasteiger partial charge is 0.358 e. The molecule has 2 unspecified atom stereocenters. The first-order valence-electron chi connectivity index (χ1n) is 12.3. The molecular formula is C27H26FN7O2S.